The lowest BCUT2D eigenvalue weighted by Crippen LogP contribution is -2.31. The third kappa shape index (κ3) is 2.32. The van der Waals surface area contributed by atoms with Crippen molar-refractivity contribution in [2.75, 3.05) is 6.54 Å². The van der Waals surface area contributed by atoms with Crippen LogP contribution in [0.3, 0.4) is 0 Å². The van der Waals surface area contributed by atoms with Crippen molar-refractivity contribution in [2.45, 2.75) is 16.1 Å². The summed E-state index contributed by atoms with van der Waals surface area (Å²) in [6, 6.07) is 13.0. The number of hydrogen-bond donors (Lipinski definition) is 2. The van der Waals surface area contributed by atoms with Gasteiger partial charge in [-0.25, -0.2) is 12.8 Å². The van der Waals surface area contributed by atoms with Crippen LogP contribution in [0.4, 0.5) is 4.39 Å². The number of carboxylic acids is 1. The van der Waals surface area contributed by atoms with Crippen LogP contribution in [0, 0.1) is 11.2 Å². The summed E-state index contributed by atoms with van der Waals surface area (Å²) in [6.07, 6.45) is 0. The number of carboxylic acid groups (broad SMARTS) is 1. The van der Waals surface area contributed by atoms with Crippen molar-refractivity contribution < 1.29 is 22.7 Å². The van der Waals surface area contributed by atoms with E-state index < -0.39 is 38.2 Å². The Morgan fingerprint density at radius 2 is 1.83 bits per heavy atom. The van der Waals surface area contributed by atoms with Gasteiger partial charge in [0.2, 0.25) is 0 Å². The van der Waals surface area contributed by atoms with Crippen molar-refractivity contribution in [3.63, 3.8) is 0 Å². The summed E-state index contributed by atoms with van der Waals surface area (Å²) in [4.78, 5) is 11.9. The van der Waals surface area contributed by atoms with Crippen LogP contribution in [0.5, 0.6) is 0 Å². The predicted octanol–water partition coefficient (Wildman–Crippen LogP) is 1.80. The van der Waals surface area contributed by atoms with E-state index in [1.54, 1.807) is 18.2 Å². The first-order chi connectivity index (χ1) is 11.4. The van der Waals surface area contributed by atoms with Gasteiger partial charge in [-0.1, -0.05) is 30.3 Å². The number of rotatable bonds is 5. The summed E-state index contributed by atoms with van der Waals surface area (Å²) in [7, 11) is -3.92. The molecule has 0 unspecified atom stereocenters. The Labute approximate surface area is 138 Å². The molecule has 1 saturated carbocycles. The molecule has 3 rings (SSSR count). The van der Waals surface area contributed by atoms with Crippen molar-refractivity contribution in [3.05, 3.63) is 66.0 Å². The molecule has 2 aromatic rings. The molecule has 126 valence electrons. The lowest BCUT2D eigenvalue weighted by Gasteiger charge is -2.10. The standard InChI is InChI=1S/C17H16FNO4S/c18-12-6-4-5-11(9-12)14-15(17(14,10-19)16(20)21)24(22,23)13-7-2-1-3-8-13/h1-9,14-15H,10,19H2,(H,20,21)/t14-,15+,17+/m1/s1. The smallest absolute Gasteiger partial charge is 0.312 e. The zero-order chi connectivity index (χ0) is 17.5. The fourth-order valence-corrected chi connectivity index (χ4v) is 5.78. The van der Waals surface area contributed by atoms with E-state index in [9.17, 15) is 22.7 Å². The number of aliphatic carboxylic acids is 1. The van der Waals surface area contributed by atoms with Crippen LogP contribution in [0.2, 0.25) is 0 Å². The lowest BCUT2D eigenvalue weighted by atomic mass is 9.99. The summed E-state index contributed by atoms with van der Waals surface area (Å²) >= 11 is 0. The van der Waals surface area contributed by atoms with Crippen LogP contribution in [0.1, 0.15) is 11.5 Å². The first kappa shape index (κ1) is 16.6. The Balaban J connectivity index is 2.13. The minimum atomic E-state index is -3.92. The molecule has 0 bridgehead atoms. The number of carbonyl (C=O) groups is 1. The molecule has 3 N–H and O–H groups in total. The van der Waals surface area contributed by atoms with E-state index in [4.69, 9.17) is 5.73 Å². The Bertz CT molecular complexity index is 884. The first-order valence-electron chi connectivity index (χ1n) is 7.33. The second kappa shape index (κ2) is 5.68. The maximum absolute atomic E-state index is 13.5. The molecule has 1 aliphatic carbocycles. The average Bonchev–Trinajstić information content (AvgIpc) is 3.27. The fourth-order valence-electron chi connectivity index (χ4n) is 3.37. The molecule has 0 aromatic heterocycles. The Kier molecular flexibility index (Phi) is 3.93. The number of halogens is 1. The van der Waals surface area contributed by atoms with E-state index >= 15 is 0 Å². The quantitative estimate of drug-likeness (QED) is 0.858. The SMILES string of the molecule is NC[C@]1(C(=O)O)[C@H](c2cccc(F)c2)[C@@H]1S(=O)(=O)c1ccccc1. The van der Waals surface area contributed by atoms with Crippen LogP contribution < -0.4 is 5.73 Å². The van der Waals surface area contributed by atoms with E-state index in [2.05, 4.69) is 0 Å². The molecule has 0 saturated heterocycles. The highest BCUT2D eigenvalue weighted by molar-refractivity contribution is 7.92. The van der Waals surface area contributed by atoms with E-state index in [0.717, 1.165) is 0 Å². The van der Waals surface area contributed by atoms with Gasteiger partial charge in [-0.15, -0.1) is 0 Å². The molecular formula is C17H16FNO4S. The normalized spacial score (nSPS) is 26.1. The van der Waals surface area contributed by atoms with Gasteiger partial charge in [0.25, 0.3) is 0 Å². The van der Waals surface area contributed by atoms with Crippen molar-refractivity contribution in [1.82, 2.24) is 0 Å². The summed E-state index contributed by atoms with van der Waals surface area (Å²) < 4.78 is 39.4. The monoisotopic (exact) mass is 349 g/mol. The van der Waals surface area contributed by atoms with Gasteiger partial charge >= 0.3 is 5.97 Å². The number of hydrogen-bond acceptors (Lipinski definition) is 4. The highest BCUT2D eigenvalue weighted by Crippen LogP contribution is 2.63. The van der Waals surface area contributed by atoms with Crippen molar-refractivity contribution >= 4 is 15.8 Å². The second-order valence-corrected chi connectivity index (χ2v) is 7.93. The maximum Gasteiger partial charge on any atom is 0.312 e. The van der Waals surface area contributed by atoms with E-state index in [1.165, 1.54) is 36.4 Å². The molecule has 1 aliphatic rings. The fraction of sp³-hybridized carbons (Fsp3) is 0.235. The van der Waals surface area contributed by atoms with Crippen LogP contribution in [0.25, 0.3) is 0 Å². The van der Waals surface area contributed by atoms with Gasteiger partial charge in [-0.3, -0.25) is 4.79 Å². The summed E-state index contributed by atoms with van der Waals surface area (Å²) in [5.41, 5.74) is 4.34. The topological polar surface area (TPSA) is 97.5 Å². The van der Waals surface area contributed by atoms with Gasteiger partial charge in [-0.05, 0) is 29.8 Å². The van der Waals surface area contributed by atoms with E-state index in [0.29, 0.717) is 5.56 Å². The zero-order valence-corrected chi connectivity index (χ0v) is 13.4. The van der Waals surface area contributed by atoms with E-state index in [-0.39, 0.29) is 11.4 Å². The highest BCUT2D eigenvalue weighted by atomic mass is 32.2. The Hall–Kier alpha value is -2.25. The van der Waals surface area contributed by atoms with Gasteiger partial charge in [-0.2, -0.15) is 0 Å². The zero-order valence-electron chi connectivity index (χ0n) is 12.6. The average molecular weight is 349 g/mol. The molecule has 24 heavy (non-hydrogen) atoms. The third-order valence-corrected chi connectivity index (χ3v) is 6.90. The van der Waals surface area contributed by atoms with Crippen molar-refractivity contribution in [1.29, 1.82) is 0 Å². The lowest BCUT2D eigenvalue weighted by molar-refractivity contribution is -0.143. The van der Waals surface area contributed by atoms with Crippen LogP contribution in [-0.2, 0) is 14.6 Å². The summed E-state index contributed by atoms with van der Waals surface area (Å²) in [5, 5.41) is 8.42. The van der Waals surface area contributed by atoms with Crippen LogP contribution in [0.15, 0.2) is 59.5 Å². The molecule has 0 heterocycles. The van der Waals surface area contributed by atoms with Crippen molar-refractivity contribution in [2.24, 2.45) is 11.1 Å². The molecule has 0 aliphatic heterocycles. The molecule has 0 radical (unpaired) electrons. The van der Waals surface area contributed by atoms with E-state index in [1.807, 2.05) is 0 Å². The van der Waals surface area contributed by atoms with Gasteiger partial charge in [0, 0.05) is 12.5 Å². The maximum atomic E-state index is 13.5. The number of nitrogens with two attached hydrogens (primary N) is 1. The molecule has 3 atom stereocenters. The largest absolute Gasteiger partial charge is 0.481 e. The Morgan fingerprint density at radius 3 is 2.38 bits per heavy atom. The van der Waals surface area contributed by atoms with Gasteiger partial charge < -0.3 is 10.8 Å². The minimum Gasteiger partial charge on any atom is -0.481 e. The molecule has 1 fully saturated rings. The van der Waals surface area contributed by atoms with Gasteiger partial charge in [0.05, 0.1) is 10.1 Å². The molecule has 2 aromatic carbocycles. The van der Waals surface area contributed by atoms with Gasteiger partial charge in [0.1, 0.15) is 11.2 Å². The molecule has 0 spiro atoms. The van der Waals surface area contributed by atoms with Gasteiger partial charge in [0.15, 0.2) is 9.84 Å². The molecule has 7 heteroatoms. The predicted molar refractivity (Wildman–Crippen MR) is 85.7 cm³/mol. The van der Waals surface area contributed by atoms with Crippen molar-refractivity contribution in [3.8, 4) is 0 Å². The third-order valence-electron chi connectivity index (χ3n) is 4.61. The number of sulfone groups is 1. The summed E-state index contributed by atoms with van der Waals surface area (Å²) in [5.74, 6) is -2.73. The second-order valence-electron chi connectivity index (χ2n) is 5.86. The molecule has 5 nitrogen and oxygen atoms in total. The van der Waals surface area contributed by atoms with Crippen LogP contribution >= 0.6 is 0 Å². The molecule has 0 amide bonds. The molecular weight excluding hydrogens is 333 g/mol. The first-order valence-corrected chi connectivity index (χ1v) is 8.88. The highest BCUT2D eigenvalue weighted by Gasteiger charge is 2.75. The van der Waals surface area contributed by atoms with Crippen LogP contribution in [-0.4, -0.2) is 31.3 Å². The number of benzene rings is 2. The summed E-state index contributed by atoms with van der Waals surface area (Å²) in [6.45, 7) is -0.347. The minimum absolute atomic E-state index is 0.0352. The Morgan fingerprint density at radius 1 is 1.17 bits per heavy atom.